The number of aromatic nitrogens is 2. The molecule has 1 heterocycles. The lowest BCUT2D eigenvalue weighted by molar-refractivity contribution is -0.121. The molecule has 1 unspecified atom stereocenters. The van der Waals surface area contributed by atoms with Crippen LogP contribution < -0.4 is 10.9 Å². The molecule has 118 valence electrons. The van der Waals surface area contributed by atoms with Crippen molar-refractivity contribution >= 4 is 16.8 Å². The Kier molecular flexibility index (Phi) is 5.63. The Morgan fingerprint density at radius 2 is 2.18 bits per heavy atom. The van der Waals surface area contributed by atoms with Crippen molar-refractivity contribution in [2.45, 2.75) is 38.8 Å². The van der Waals surface area contributed by atoms with Crippen LogP contribution in [-0.4, -0.2) is 28.6 Å². The maximum absolute atomic E-state index is 12.6. The molecule has 0 saturated heterocycles. The van der Waals surface area contributed by atoms with Crippen LogP contribution in [0.2, 0.25) is 0 Å². The number of hydrogen-bond donors (Lipinski definition) is 2. The Morgan fingerprint density at radius 3 is 2.95 bits per heavy atom. The number of carbonyl (C=O) groups is 1. The summed E-state index contributed by atoms with van der Waals surface area (Å²) in [4.78, 5) is 30.6. The Balaban J connectivity index is 1.84. The fourth-order valence-corrected chi connectivity index (χ4v) is 2.17. The number of benzene rings is 1. The van der Waals surface area contributed by atoms with Crippen LogP contribution in [0.1, 0.15) is 32.0 Å². The number of para-hydroxylation sites is 1. The van der Waals surface area contributed by atoms with Gasteiger partial charge in [-0.1, -0.05) is 12.1 Å². The molecule has 5 nitrogen and oxygen atoms in total. The molecule has 2 aromatic rings. The van der Waals surface area contributed by atoms with Crippen LogP contribution in [0.15, 0.2) is 29.1 Å². The summed E-state index contributed by atoms with van der Waals surface area (Å²) in [5.41, 5.74) is 0.490. The third kappa shape index (κ3) is 4.65. The zero-order valence-corrected chi connectivity index (χ0v) is 12.6. The number of halogens is 1. The average molecular weight is 305 g/mol. The summed E-state index contributed by atoms with van der Waals surface area (Å²) in [6.07, 6.45) is 0.848. The van der Waals surface area contributed by atoms with Gasteiger partial charge in [-0.05, 0) is 31.9 Å². The summed E-state index contributed by atoms with van der Waals surface area (Å²) < 4.78 is 12.6. The summed E-state index contributed by atoms with van der Waals surface area (Å²) in [6, 6.07) is 7.14. The highest BCUT2D eigenvalue weighted by atomic mass is 19.1. The summed E-state index contributed by atoms with van der Waals surface area (Å²) in [5.74, 6) is 0.470. The van der Waals surface area contributed by atoms with Gasteiger partial charge in [0.05, 0.1) is 17.1 Å². The van der Waals surface area contributed by atoms with E-state index >= 15 is 0 Å². The van der Waals surface area contributed by atoms with E-state index in [4.69, 9.17) is 0 Å². The van der Waals surface area contributed by atoms with E-state index in [9.17, 15) is 14.0 Å². The van der Waals surface area contributed by atoms with Gasteiger partial charge in [0.2, 0.25) is 5.91 Å². The van der Waals surface area contributed by atoms with Crippen molar-refractivity contribution in [3.8, 4) is 0 Å². The van der Waals surface area contributed by atoms with Gasteiger partial charge in [0.25, 0.3) is 5.56 Å². The van der Waals surface area contributed by atoms with Crippen molar-refractivity contribution in [2.75, 3.05) is 6.54 Å². The Hall–Kier alpha value is -2.24. The molecule has 1 atom stereocenters. The zero-order chi connectivity index (χ0) is 15.9. The predicted molar refractivity (Wildman–Crippen MR) is 83.5 cm³/mol. The summed E-state index contributed by atoms with van der Waals surface area (Å²) in [6.45, 7) is 1.81. The van der Waals surface area contributed by atoms with Crippen molar-refractivity contribution in [3.05, 3.63) is 40.4 Å². The largest absolute Gasteiger partial charge is 0.356 e. The summed E-state index contributed by atoms with van der Waals surface area (Å²) in [5, 5.41) is 3.23. The number of fused-ring (bicyclic) bond motifs is 1. The van der Waals surface area contributed by atoms with E-state index in [-0.39, 0.29) is 11.5 Å². The first kappa shape index (κ1) is 16.1. The van der Waals surface area contributed by atoms with Gasteiger partial charge < -0.3 is 10.3 Å². The fraction of sp³-hybridized carbons (Fsp3) is 0.438. The third-order valence-corrected chi connectivity index (χ3v) is 3.34. The standard InChI is InChI=1S/C16H20FN3O2/c1-11(17)9-10-18-15(21)8-4-7-14-19-13-6-3-2-5-12(13)16(22)20-14/h2-3,5-6,11H,4,7-10H2,1H3,(H,18,21)(H,19,20,22). The first-order valence-electron chi connectivity index (χ1n) is 7.45. The molecule has 1 aromatic heterocycles. The number of aryl methyl sites for hydroxylation is 1. The van der Waals surface area contributed by atoms with Crippen LogP contribution in [0.25, 0.3) is 10.9 Å². The SMILES string of the molecule is CC(F)CCNC(=O)CCCc1nc2ccccc2c(=O)[nH]1. The minimum Gasteiger partial charge on any atom is -0.356 e. The number of rotatable bonds is 7. The molecule has 0 spiro atoms. The molecule has 22 heavy (non-hydrogen) atoms. The van der Waals surface area contributed by atoms with Gasteiger partial charge in [-0.3, -0.25) is 9.59 Å². The normalized spacial score (nSPS) is 12.3. The molecule has 0 radical (unpaired) electrons. The minimum absolute atomic E-state index is 0.108. The Labute approximate surface area is 128 Å². The quantitative estimate of drug-likeness (QED) is 0.822. The second-order valence-corrected chi connectivity index (χ2v) is 5.30. The summed E-state index contributed by atoms with van der Waals surface area (Å²) >= 11 is 0. The molecule has 0 bridgehead atoms. The summed E-state index contributed by atoms with van der Waals surface area (Å²) in [7, 11) is 0. The van der Waals surface area contributed by atoms with Gasteiger partial charge >= 0.3 is 0 Å². The first-order valence-corrected chi connectivity index (χ1v) is 7.45. The second kappa shape index (κ2) is 7.68. The maximum atomic E-state index is 12.6. The van der Waals surface area contributed by atoms with Crippen LogP contribution in [0.3, 0.4) is 0 Å². The second-order valence-electron chi connectivity index (χ2n) is 5.30. The number of carbonyl (C=O) groups excluding carboxylic acids is 1. The van der Waals surface area contributed by atoms with Crippen LogP contribution >= 0.6 is 0 Å². The zero-order valence-electron chi connectivity index (χ0n) is 12.6. The first-order chi connectivity index (χ1) is 10.6. The Morgan fingerprint density at radius 1 is 1.41 bits per heavy atom. The number of nitrogens with zero attached hydrogens (tertiary/aromatic N) is 1. The molecule has 0 saturated carbocycles. The number of nitrogens with one attached hydrogen (secondary N) is 2. The predicted octanol–water partition coefficient (Wildman–Crippen LogP) is 2.11. The van der Waals surface area contributed by atoms with Gasteiger partial charge in [-0.15, -0.1) is 0 Å². The van der Waals surface area contributed by atoms with Crippen LogP contribution in [-0.2, 0) is 11.2 Å². The van der Waals surface area contributed by atoms with Crippen molar-refractivity contribution < 1.29 is 9.18 Å². The smallest absolute Gasteiger partial charge is 0.258 e. The number of H-pyrrole nitrogens is 1. The van der Waals surface area contributed by atoms with Crippen molar-refractivity contribution in [1.29, 1.82) is 0 Å². The lowest BCUT2D eigenvalue weighted by Gasteiger charge is -2.06. The van der Waals surface area contributed by atoms with Gasteiger partial charge in [0, 0.05) is 19.4 Å². The van der Waals surface area contributed by atoms with E-state index in [2.05, 4.69) is 15.3 Å². The molecule has 2 N–H and O–H groups in total. The number of aromatic amines is 1. The van der Waals surface area contributed by atoms with E-state index in [0.29, 0.717) is 49.0 Å². The topological polar surface area (TPSA) is 74.8 Å². The van der Waals surface area contributed by atoms with Crippen LogP contribution in [0, 0.1) is 0 Å². The van der Waals surface area contributed by atoms with Crippen LogP contribution in [0.4, 0.5) is 4.39 Å². The molecular formula is C16H20FN3O2. The van der Waals surface area contributed by atoms with E-state index in [1.165, 1.54) is 6.92 Å². The monoisotopic (exact) mass is 305 g/mol. The molecule has 0 aliphatic rings. The van der Waals surface area contributed by atoms with E-state index in [1.54, 1.807) is 18.2 Å². The maximum Gasteiger partial charge on any atom is 0.258 e. The Bertz CT molecular complexity index is 697. The molecule has 1 amide bonds. The molecule has 0 aliphatic carbocycles. The van der Waals surface area contributed by atoms with Gasteiger partial charge in [0.1, 0.15) is 5.82 Å². The van der Waals surface area contributed by atoms with Gasteiger partial charge in [-0.2, -0.15) is 0 Å². The lowest BCUT2D eigenvalue weighted by atomic mass is 10.2. The van der Waals surface area contributed by atoms with Crippen molar-refractivity contribution in [1.82, 2.24) is 15.3 Å². The van der Waals surface area contributed by atoms with E-state index in [1.807, 2.05) is 6.07 Å². The fourth-order valence-electron chi connectivity index (χ4n) is 2.17. The van der Waals surface area contributed by atoms with Crippen molar-refractivity contribution in [3.63, 3.8) is 0 Å². The molecule has 0 fully saturated rings. The highest BCUT2D eigenvalue weighted by Crippen LogP contribution is 2.07. The van der Waals surface area contributed by atoms with Crippen molar-refractivity contribution in [2.24, 2.45) is 0 Å². The molecule has 2 rings (SSSR count). The highest BCUT2D eigenvalue weighted by molar-refractivity contribution is 5.77. The number of amides is 1. The van der Waals surface area contributed by atoms with E-state index < -0.39 is 6.17 Å². The van der Waals surface area contributed by atoms with Gasteiger partial charge in [0.15, 0.2) is 0 Å². The molecular weight excluding hydrogens is 285 g/mol. The van der Waals surface area contributed by atoms with E-state index in [0.717, 1.165) is 0 Å². The van der Waals surface area contributed by atoms with Crippen LogP contribution in [0.5, 0.6) is 0 Å². The molecule has 1 aromatic carbocycles. The lowest BCUT2D eigenvalue weighted by Crippen LogP contribution is -2.25. The number of hydrogen-bond acceptors (Lipinski definition) is 3. The number of alkyl halides is 1. The average Bonchev–Trinajstić information content (AvgIpc) is 2.47. The highest BCUT2D eigenvalue weighted by Gasteiger charge is 2.06. The third-order valence-electron chi connectivity index (χ3n) is 3.34. The minimum atomic E-state index is -0.910. The van der Waals surface area contributed by atoms with Gasteiger partial charge in [-0.25, -0.2) is 9.37 Å². The molecule has 6 heteroatoms. The molecule has 0 aliphatic heterocycles.